The summed E-state index contributed by atoms with van der Waals surface area (Å²) in [4.78, 5) is 15.2. The minimum atomic E-state index is -1.91. The number of rotatable bonds is 14. The monoisotopic (exact) mass is 1240 g/mol. The van der Waals surface area contributed by atoms with Crippen LogP contribution in [0.3, 0.4) is 0 Å². The van der Waals surface area contributed by atoms with Crippen molar-refractivity contribution < 1.29 is 134 Å². The quantitative estimate of drug-likeness (QED) is 0.0454. The molecule has 5 saturated heterocycles. The maximum Gasteiger partial charge on any atom is 0.315 e. The van der Waals surface area contributed by atoms with Crippen molar-refractivity contribution in [2.75, 3.05) is 33.0 Å². The lowest BCUT2D eigenvalue weighted by molar-refractivity contribution is -0.361. The Kier molecular flexibility index (Phi) is 19.4. The fourth-order valence-corrected chi connectivity index (χ4v) is 17.6. The van der Waals surface area contributed by atoms with Crippen molar-refractivity contribution in [1.82, 2.24) is 0 Å². The van der Waals surface area contributed by atoms with E-state index >= 15 is 4.79 Å². The maximum atomic E-state index is 15.2. The Morgan fingerprint density at radius 2 is 1.14 bits per heavy atom. The van der Waals surface area contributed by atoms with E-state index in [0.717, 1.165) is 6.42 Å². The molecule has 0 aromatic heterocycles. The van der Waals surface area contributed by atoms with E-state index in [4.69, 9.17) is 47.4 Å². The minimum absolute atomic E-state index is 0.0781. The number of fused-ring (bicyclic) bond motifs is 7. The van der Waals surface area contributed by atoms with Crippen molar-refractivity contribution in [2.24, 2.45) is 50.2 Å². The molecule has 0 amide bonds. The van der Waals surface area contributed by atoms with Gasteiger partial charge in [-0.25, -0.2) is 0 Å². The number of aliphatic hydroxyl groups is 16. The smallest absolute Gasteiger partial charge is 0.315 e. The summed E-state index contributed by atoms with van der Waals surface area (Å²) in [7, 11) is 0. The van der Waals surface area contributed by atoms with Crippen LogP contribution in [0, 0.1) is 50.2 Å². The van der Waals surface area contributed by atoms with Gasteiger partial charge in [0, 0.05) is 5.41 Å². The molecule has 27 heteroatoms. The van der Waals surface area contributed by atoms with Crippen LogP contribution < -0.4 is 0 Å². The van der Waals surface area contributed by atoms with E-state index in [1.807, 2.05) is 6.92 Å². The predicted octanol–water partition coefficient (Wildman–Crippen LogP) is -3.57. The molecule has 86 heavy (non-hydrogen) atoms. The molecule has 5 heterocycles. The first-order chi connectivity index (χ1) is 40.4. The van der Waals surface area contributed by atoms with Crippen molar-refractivity contribution in [3.8, 4) is 0 Å². The van der Waals surface area contributed by atoms with E-state index in [2.05, 4.69) is 40.7 Å². The number of ether oxygens (including phenoxy) is 10. The molecule has 0 radical (unpaired) electrons. The molecule has 4 saturated carbocycles. The molecule has 0 spiro atoms. The second-order valence-corrected chi connectivity index (χ2v) is 28.5. The van der Waals surface area contributed by atoms with Crippen molar-refractivity contribution in [3.05, 3.63) is 11.6 Å². The van der Waals surface area contributed by atoms with E-state index in [1.165, 1.54) is 12.5 Å². The Bertz CT molecular complexity index is 2380. The number of hydrogen-bond donors (Lipinski definition) is 16. The van der Waals surface area contributed by atoms with Gasteiger partial charge in [0.15, 0.2) is 25.2 Å². The number of allylic oxidation sites excluding steroid dienone is 2. The van der Waals surface area contributed by atoms with Crippen LogP contribution in [-0.2, 0) is 52.2 Å². The Labute approximate surface area is 499 Å². The fourth-order valence-electron chi connectivity index (χ4n) is 17.6. The van der Waals surface area contributed by atoms with Gasteiger partial charge >= 0.3 is 5.97 Å². The normalized spacial score (nSPS) is 54.8. The van der Waals surface area contributed by atoms with E-state index in [0.29, 0.717) is 57.8 Å². The van der Waals surface area contributed by atoms with Crippen LogP contribution in [0.4, 0.5) is 0 Å². The summed E-state index contributed by atoms with van der Waals surface area (Å²) < 4.78 is 58.8. The largest absolute Gasteiger partial charge is 0.432 e. The van der Waals surface area contributed by atoms with E-state index in [9.17, 15) is 81.7 Å². The van der Waals surface area contributed by atoms with Crippen LogP contribution in [0.1, 0.15) is 113 Å². The highest BCUT2D eigenvalue weighted by Gasteiger charge is 2.71. The van der Waals surface area contributed by atoms with Crippen molar-refractivity contribution >= 4 is 5.97 Å². The molecular formula is C59H96O27. The van der Waals surface area contributed by atoms with Crippen LogP contribution in [0.15, 0.2) is 11.6 Å². The number of aliphatic hydroxyl groups excluding tert-OH is 16. The predicted molar refractivity (Wildman–Crippen MR) is 289 cm³/mol. The SMILES string of the molecule is C[C@@H]1O[C@@H](O[C@H]2[C@H](O)[C@@H](O)[C@H](OC[C@H]3O[C@@H](OC(=O)[C@]45CCC(C)(C)C[C@H]4C4=CC[C@@H]6[C@@]7(C)CC[C@H](O[C@@H]8OC[C@H](O)[C@H](O[C@@H]9O[C@H](CO)[C@@H](O)[C@H](O)[C@H]9O)[C@H]8O)[C@@](C)(CO)[C@@H]7CC[C@@]6(C)[C@]4(C)CC5)[C@H](O)[C@@H](O)[C@@H]3O)O[C@@H]2CO)[C@H](O)[C@H](O)[C@H]1O. The lowest BCUT2D eigenvalue weighted by Gasteiger charge is -2.71. The standard InChI is InChI=1S/C59H96O27/c1-24-34(64)37(67)41(71)50(79-24)85-47-29(20-61)81-48(44(74)40(47)70)78-22-30-36(66)39(69)43(73)52(82-30)86-53(76)59-16-14-54(2,3)18-26(59)25-8-9-32-55(4)12-11-33(56(5,23-62)31(55)10-13-58(32,7)57(25,6)15-17-59)83-49-45(75)46(27(63)21-77-49)84-51-42(72)38(68)35(65)28(19-60)80-51/h8,24,26-52,60-75H,9-23H2,1-7H3/t24-,26-,27-,28+,29+,30+,31+,32+,33-,34-,35+,36+,37+,38-,39-,40+,41+,42+,43+,44+,45+,46-,47+,48+,49-,50-,51-,52-,55-,56-,57+,58+,59-/m0/s1. The Morgan fingerprint density at radius 1 is 0.558 bits per heavy atom. The van der Waals surface area contributed by atoms with Crippen molar-refractivity contribution in [1.29, 1.82) is 0 Å². The van der Waals surface area contributed by atoms with Gasteiger partial charge in [0.25, 0.3) is 0 Å². The van der Waals surface area contributed by atoms with Crippen LogP contribution in [-0.4, -0.2) is 274 Å². The summed E-state index contributed by atoms with van der Waals surface area (Å²) >= 11 is 0. The zero-order valence-electron chi connectivity index (χ0n) is 50.0. The molecular weight excluding hydrogens is 1140 g/mol. The van der Waals surface area contributed by atoms with Gasteiger partial charge in [0.1, 0.15) is 110 Å². The number of hydrogen-bond acceptors (Lipinski definition) is 27. The third kappa shape index (κ3) is 11.2. The van der Waals surface area contributed by atoms with Gasteiger partial charge < -0.3 is 129 Å². The van der Waals surface area contributed by atoms with Gasteiger partial charge in [-0.15, -0.1) is 0 Å². The molecule has 0 bridgehead atoms. The first-order valence-electron chi connectivity index (χ1n) is 30.8. The summed E-state index contributed by atoms with van der Waals surface area (Å²) in [5.41, 5.74) is -1.99. The molecule has 5 aliphatic carbocycles. The summed E-state index contributed by atoms with van der Waals surface area (Å²) in [6.45, 7) is 12.0. The zero-order chi connectivity index (χ0) is 62.7. The molecule has 10 rings (SSSR count). The first-order valence-corrected chi connectivity index (χ1v) is 30.8. The second kappa shape index (κ2) is 24.9. The van der Waals surface area contributed by atoms with Gasteiger partial charge in [0.2, 0.25) is 6.29 Å². The molecule has 494 valence electrons. The molecule has 33 atom stereocenters. The third-order valence-electron chi connectivity index (χ3n) is 23.2. The van der Waals surface area contributed by atoms with Gasteiger partial charge in [-0.1, -0.05) is 53.2 Å². The minimum Gasteiger partial charge on any atom is -0.432 e. The summed E-state index contributed by atoms with van der Waals surface area (Å²) in [5, 5.41) is 173. The molecule has 16 N–H and O–H groups in total. The zero-order valence-corrected chi connectivity index (χ0v) is 50.0. The Morgan fingerprint density at radius 3 is 1.80 bits per heavy atom. The number of esters is 1. The summed E-state index contributed by atoms with van der Waals surface area (Å²) in [6.07, 6.45) is -31.0. The fraction of sp³-hybridized carbons (Fsp3) is 0.949. The topological polar surface area (TPSA) is 433 Å². The second-order valence-electron chi connectivity index (χ2n) is 28.5. The highest BCUT2D eigenvalue weighted by molar-refractivity contribution is 5.79. The average molecular weight is 1240 g/mol. The molecule has 10 aliphatic rings. The highest BCUT2D eigenvalue weighted by Crippen LogP contribution is 2.76. The average Bonchev–Trinajstić information content (AvgIpc) is 0.679. The van der Waals surface area contributed by atoms with Crippen LogP contribution in [0.5, 0.6) is 0 Å². The highest BCUT2D eigenvalue weighted by atomic mass is 16.8. The van der Waals surface area contributed by atoms with Crippen LogP contribution >= 0.6 is 0 Å². The third-order valence-corrected chi connectivity index (χ3v) is 23.2. The van der Waals surface area contributed by atoms with Gasteiger partial charge in [-0.2, -0.15) is 0 Å². The van der Waals surface area contributed by atoms with E-state index in [1.54, 1.807) is 0 Å². The lowest BCUT2D eigenvalue weighted by atomic mass is 9.33. The first kappa shape index (κ1) is 67.1. The number of carbonyl (C=O) groups excluding carboxylic acids is 1. The molecule has 27 nitrogen and oxygen atoms in total. The van der Waals surface area contributed by atoms with Crippen molar-refractivity contribution in [3.63, 3.8) is 0 Å². The Balaban J connectivity index is 0.821. The lowest BCUT2D eigenvalue weighted by Crippen LogP contribution is -2.67. The van der Waals surface area contributed by atoms with E-state index in [-0.39, 0.29) is 47.2 Å². The van der Waals surface area contributed by atoms with E-state index < -0.39 is 196 Å². The van der Waals surface area contributed by atoms with Crippen LogP contribution in [0.25, 0.3) is 0 Å². The van der Waals surface area contributed by atoms with Crippen LogP contribution in [0.2, 0.25) is 0 Å². The molecule has 9 fully saturated rings. The molecule has 5 aliphatic heterocycles. The Hall–Kier alpha value is -1.79. The summed E-state index contributed by atoms with van der Waals surface area (Å²) in [6, 6.07) is 0. The number of carbonyl (C=O) groups is 1. The van der Waals surface area contributed by atoms with Gasteiger partial charge in [0.05, 0.1) is 50.7 Å². The molecule has 0 unspecified atom stereocenters. The molecule has 0 aromatic rings. The van der Waals surface area contributed by atoms with Crippen molar-refractivity contribution in [2.45, 2.75) is 266 Å². The molecule has 0 aromatic carbocycles. The summed E-state index contributed by atoms with van der Waals surface area (Å²) in [5.74, 6) is -0.894. The maximum absolute atomic E-state index is 15.2. The van der Waals surface area contributed by atoms with Gasteiger partial charge in [-0.3, -0.25) is 4.79 Å². The van der Waals surface area contributed by atoms with Gasteiger partial charge in [-0.05, 0) is 111 Å².